The van der Waals surface area contributed by atoms with Crippen molar-refractivity contribution in [3.63, 3.8) is 0 Å². The standard InChI is InChI=1S/C24H17ClF2N2O2/c25-17-5-2-1-4-16(17)24(30)29-11-3-6-21(29)23-28-20-13-15(8-10-22(20)31-23)14-7-9-18(26)19(27)12-14/h1-2,4-5,7-10,12-13,21H,3,6,11H2/t21-/m1/s1. The number of aromatic nitrogens is 1. The van der Waals surface area contributed by atoms with Crippen LogP contribution in [0.15, 0.2) is 65.1 Å². The summed E-state index contributed by atoms with van der Waals surface area (Å²) in [4.78, 5) is 19.4. The minimum atomic E-state index is -0.905. The molecule has 1 aromatic heterocycles. The predicted molar refractivity (Wildman–Crippen MR) is 114 cm³/mol. The van der Waals surface area contributed by atoms with Crippen LogP contribution in [0.25, 0.3) is 22.2 Å². The molecule has 31 heavy (non-hydrogen) atoms. The van der Waals surface area contributed by atoms with Crippen LogP contribution in [-0.2, 0) is 0 Å². The third-order valence-electron chi connectivity index (χ3n) is 5.56. The third kappa shape index (κ3) is 3.57. The fourth-order valence-electron chi connectivity index (χ4n) is 4.00. The summed E-state index contributed by atoms with van der Waals surface area (Å²) in [7, 11) is 0. The molecule has 0 saturated carbocycles. The van der Waals surface area contributed by atoms with E-state index < -0.39 is 11.6 Å². The summed E-state index contributed by atoms with van der Waals surface area (Å²) in [6, 6.07) is 15.7. The molecule has 2 heterocycles. The average molecular weight is 439 g/mol. The van der Waals surface area contributed by atoms with Crippen molar-refractivity contribution in [2.75, 3.05) is 6.54 Å². The molecule has 4 aromatic rings. The minimum Gasteiger partial charge on any atom is -0.438 e. The van der Waals surface area contributed by atoms with Crippen LogP contribution in [0.5, 0.6) is 0 Å². The molecular formula is C24H17ClF2N2O2. The summed E-state index contributed by atoms with van der Waals surface area (Å²) >= 11 is 6.22. The van der Waals surface area contributed by atoms with Gasteiger partial charge >= 0.3 is 0 Å². The van der Waals surface area contributed by atoms with Gasteiger partial charge in [0.2, 0.25) is 5.89 Å². The highest BCUT2D eigenvalue weighted by Crippen LogP contribution is 2.36. The van der Waals surface area contributed by atoms with Gasteiger partial charge in [0, 0.05) is 6.54 Å². The fraction of sp³-hybridized carbons (Fsp3) is 0.167. The van der Waals surface area contributed by atoms with Gasteiger partial charge < -0.3 is 9.32 Å². The Morgan fingerprint density at radius 2 is 1.81 bits per heavy atom. The number of rotatable bonds is 3. The predicted octanol–water partition coefficient (Wildman–Crippen LogP) is 6.40. The lowest BCUT2D eigenvalue weighted by atomic mass is 10.1. The van der Waals surface area contributed by atoms with Gasteiger partial charge in [0.15, 0.2) is 17.2 Å². The van der Waals surface area contributed by atoms with E-state index in [9.17, 15) is 13.6 Å². The second kappa shape index (κ2) is 7.78. The van der Waals surface area contributed by atoms with Crippen molar-refractivity contribution in [3.8, 4) is 11.1 Å². The molecule has 1 aliphatic heterocycles. The van der Waals surface area contributed by atoms with Gasteiger partial charge in [-0.2, -0.15) is 0 Å². The molecule has 156 valence electrons. The summed E-state index contributed by atoms with van der Waals surface area (Å²) in [5, 5.41) is 0.409. The zero-order chi connectivity index (χ0) is 21.5. The van der Waals surface area contributed by atoms with Crippen LogP contribution < -0.4 is 0 Å². The molecule has 1 aliphatic rings. The van der Waals surface area contributed by atoms with E-state index in [1.165, 1.54) is 6.07 Å². The van der Waals surface area contributed by atoms with E-state index in [0.29, 0.717) is 45.2 Å². The highest BCUT2D eigenvalue weighted by molar-refractivity contribution is 6.33. The largest absolute Gasteiger partial charge is 0.438 e. The van der Waals surface area contributed by atoms with Crippen LogP contribution in [0.1, 0.15) is 35.1 Å². The maximum atomic E-state index is 13.6. The number of halogens is 3. The Kier molecular flexibility index (Phi) is 4.94. The van der Waals surface area contributed by atoms with Gasteiger partial charge in [0.1, 0.15) is 11.6 Å². The van der Waals surface area contributed by atoms with Crippen LogP contribution in [0.2, 0.25) is 5.02 Å². The molecule has 1 atom stereocenters. The first-order valence-corrected chi connectivity index (χ1v) is 10.3. The molecular weight excluding hydrogens is 422 g/mol. The molecule has 0 radical (unpaired) electrons. The van der Waals surface area contributed by atoms with E-state index in [1.54, 1.807) is 47.4 Å². The number of nitrogens with zero attached hydrogens (tertiary/aromatic N) is 2. The number of amides is 1. The van der Waals surface area contributed by atoms with Crippen LogP contribution in [0, 0.1) is 11.6 Å². The van der Waals surface area contributed by atoms with E-state index in [-0.39, 0.29) is 11.9 Å². The second-order valence-corrected chi connectivity index (χ2v) is 7.91. The molecule has 1 saturated heterocycles. The van der Waals surface area contributed by atoms with Crippen molar-refractivity contribution >= 4 is 28.6 Å². The lowest BCUT2D eigenvalue weighted by molar-refractivity contribution is 0.0717. The zero-order valence-electron chi connectivity index (χ0n) is 16.3. The number of hydrogen-bond acceptors (Lipinski definition) is 3. The van der Waals surface area contributed by atoms with Crippen LogP contribution >= 0.6 is 11.6 Å². The smallest absolute Gasteiger partial charge is 0.256 e. The van der Waals surface area contributed by atoms with Crippen LogP contribution in [0.3, 0.4) is 0 Å². The van der Waals surface area contributed by atoms with Crippen molar-refractivity contribution in [1.82, 2.24) is 9.88 Å². The molecule has 3 aromatic carbocycles. The van der Waals surface area contributed by atoms with E-state index in [2.05, 4.69) is 4.98 Å². The van der Waals surface area contributed by atoms with Crippen LogP contribution in [0.4, 0.5) is 8.78 Å². The second-order valence-electron chi connectivity index (χ2n) is 7.50. The molecule has 0 aliphatic carbocycles. The Morgan fingerprint density at radius 1 is 1.03 bits per heavy atom. The van der Waals surface area contributed by atoms with Gasteiger partial charge in [0.05, 0.1) is 10.6 Å². The number of carbonyl (C=O) groups is 1. The van der Waals surface area contributed by atoms with Crippen molar-refractivity contribution in [2.24, 2.45) is 0 Å². The molecule has 0 spiro atoms. The molecule has 0 N–H and O–H groups in total. The van der Waals surface area contributed by atoms with E-state index >= 15 is 0 Å². The number of oxazole rings is 1. The summed E-state index contributed by atoms with van der Waals surface area (Å²) < 4.78 is 32.8. The van der Waals surface area contributed by atoms with Gasteiger partial charge in [-0.15, -0.1) is 0 Å². The Bertz CT molecular complexity index is 1300. The van der Waals surface area contributed by atoms with Gasteiger partial charge in [-0.25, -0.2) is 13.8 Å². The van der Waals surface area contributed by atoms with E-state index in [0.717, 1.165) is 25.0 Å². The fourth-order valence-corrected chi connectivity index (χ4v) is 4.22. The van der Waals surface area contributed by atoms with Gasteiger partial charge in [-0.05, 0) is 60.4 Å². The SMILES string of the molecule is O=C(c1ccccc1Cl)N1CCC[C@@H]1c1nc2cc(-c3ccc(F)c(F)c3)ccc2o1. The zero-order valence-corrected chi connectivity index (χ0v) is 17.1. The first-order chi connectivity index (χ1) is 15.0. The van der Waals surface area contributed by atoms with Gasteiger partial charge in [-0.3, -0.25) is 4.79 Å². The maximum absolute atomic E-state index is 13.6. The molecule has 1 fully saturated rings. The number of hydrogen-bond donors (Lipinski definition) is 0. The topological polar surface area (TPSA) is 46.3 Å². The van der Waals surface area contributed by atoms with Crippen molar-refractivity contribution < 1.29 is 18.0 Å². The quantitative estimate of drug-likeness (QED) is 0.371. The summed E-state index contributed by atoms with van der Waals surface area (Å²) in [6.07, 6.45) is 1.57. The van der Waals surface area contributed by atoms with E-state index in [4.69, 9.17) is 16.0 Å². The Hall–Kier alpha value is -3.25. The van der Waals surface area contributed by atoms with Crippen molar-refractivity contribution in [2.45, 2.75) is 18.9 Å². The highest BCUT2D eigenvalue weighted by atomic mass is 35.5. The first-order valence-electron chi connectivity index (χ1n) is 9.92. The normalized spacial score (nSPS) is 16.2. The molecule has 5 rings (SSSR count). The lowest BCUT2D eigenvalue weighted by Gasteiger charge is -2.22. The number of fused-ring (bicyclic) bond motifs is 1. The maximum Gasteiger partial charge on any atom is 0.256 e. The molecule has 0 bridgehead atoms. The Balaban J connectivity index is 1.47. The monoisotopic (exact) mass is 438 g/mol. The first kappa shape index (κ1) is 19.7. The summed E-state index contributed by atoms with van der Waals surface area (Å²) in [5.41, 5.74) is 2.85. The Labute approximate surface area is 182 Å². The van der Waals surface area contributed by atoms with Crippen molar-refractivity contribution in [1.29, 1.82) is 0 Å². The number of benzene rings is 3. The average Bonchev–Trinajstić information content (AvgIpc) is 3.41. The number of carbonyl (C=O) groups excluding carboxylic acids is 1. The number of likely N-dealkylation sites (tertiary alicyclic amines) is 1. The van der Waals surface area contributed by atoms with E-state index in [1.807, 2.05) is 0 Å². The van der Waals surface area contributed by atoms with Crippen LogP contribution in [-0.4, -0.2) is 22.3 Å². The minimum absolute atomic E-state index is 0.155. The molecule has 1 amide bonds. The lowest BCUT2D eigenvalue weighted by Crippen LogP contribution is -2.30. The Morgan fingerprint density at radius 3 is 2.61 bits per heavy atom. The molecule has 4 nitrogen and oxygen atoms in total. The van der Waals surface area contributed by atoms with Gasteiger partial charge in [0.25, 0.3) is 5.91 Å². The van der Waals surface area contributed by atoms with Crippen molar-refractivity contribution in [3.05, 3.63) is 88.8 Å². The summed E-state index contributed by atoms with van der Waals surface area (Å²) in [6.45, 7) is 0.591. The highest BCUT2D eigenvalue weighted by Gasteiger charge is 2.34. The summed E-state index contributed by atoms with van der Waals surface area (Å²) in [5.74, 6) is -1.50. The third-order valence-corrected chi connectivity index (χ3v) is 5.89. The van der Waals surface area contributed by atoms with Gasteiger partial charge in [-0.1, -0.05) is 35.9 Å². The molecule has 7 heteroatoms. The molecule has 0 unspecified atom stereocenters.